The summed E-state index contributed by atoms with van der Waals surface area (Å²) < 4.78 is 5.85. The summed E-state index contributed by atoms with van der Waals surface area (Å²) in [4.78, 5) is 43.0. The van der Waals surface area contributed by atoms with E-state index in [0.29, 0.717) is 47.8 Å². The maximum Gasteiger partial charge on any atom is 0.255 e. The quantitative estimate of drug-likeness (QED) is 0.317. The van der Waals surface area contributed by atoms with Crippen molar-refractivity contribution in [3.05, 3.63) is 126 Å². The van der Waals surface area contributed by atoms with Gasteiger partial charge in [0.1, 0.15) is 11.5 Å². The number of hydrogen-bond acceptors (Lipinski definition) is 4. The summed E-state index contributed by atoms with van der Waals surface area (Å²) in [5.74, 6) is 1.49. The molecule has 2 aliphatic heterocycles. The number of amides is 3. The number of benzene rings is 4. The highest BCUT2D eigenvalue weighted by Crippen LogP contribution is 2.33. The van der Waals surface area contributed by atoms with Crippen LogP contribution in [0.1, 0.15) is 43.9 Å². The maximum atomic E-state index is 13.4. The van der Waals surface area contributed by atoms with Gasteiger partial charge < -0.3 is 19.9 Å². The Morgan fingerprint density at radius 1 is 0.634 bits per heavy atom. The first-order valence-electron chi connectivity index (χ1n) is 13.9. The molecule has 2 fully saturated rings. The predicted molar refractivity (Wildman–Crippen MR) is 157 cm³/mol. The summed E-state index contributed by atoms with van der Waals surface area (Å²) >= 11 is 0. The van der Waals surface area contributed by atoms with Crippen LogP contribution in [-0.2, 0) is 0 Å². The van der Waals surface area contributed by atoms with E-state index in [-0.39, 0.29) is 29.7 Å². The summed E-state index contributed by atoms with van der Waals surface area (Å²) in [6.45, 7) is 1.92. The Bertz CT molecular complexity index is 1520. The molecule has 2 saturated heterocycles. The first kappa shape index (κ1) is 26.3. The largest absolute Gasteiger partial charge is 0.457 e. The zero-order valence-electron chi connectivity index (χ0n) is 22.6. The van der Waals surface area contributed by atoms with Gasteiger partial charge in [-0.05, 0) is 91.6 Å². The van der Waals surface area contributed by atoms with E-state index in [2.05, 4.69) is 5.32 Å². The Morgan fingerprint density at radius 3 is 1.95 bits per heavy atom. The molecule has 0 aromatic heterocycles. The molecule has 6 rings (SSSR count). The Kier molecular flexibility index (Phi) is 7.50. The lowest BCUT2D eigenvalue weighted by molar-refractivity contribution is 0.0538. The van der Waals surface area contributed by atoms with E-state index >= 15 is 0 Å². The highest BCUT2D eigenvalue weighted by molar-refractivity contribution is 6.04. The first-order valence-corrected chi connectivity index (χ1v) is 13.9. The van der Waals surface area contributed by atoms with Crippen LogP contribution in [0.2, 0.25) is 0 Å². The molecule has 0 spiro atoms. The van der Waals surface area contributed by atoms with Crippen molar-refractivity contribution in [3.8, 4) is 11.5 Å². The van der Waals surface area contributed by atoms with Crippen LogP contribution >= 0.6 is 0 Å². The zero-order valence-corrected chi connectivity index (χ0v) is 22.6. The van der Waals surface area contributed by atoms with E-state index in [1.807, 2.05) is 82.6 Å². The minimum Gasteiger partial charge on any atom is -0.457 e. The van der Waals surface area contributed by atoms with Crippen LogP contribution in [0.25, 0.3) is 0 Å². The molecule has 2 atom stereocenters. The molecular weight excluding hydrogens is 514 g/mol. The molecule has 3 amide bonds. The van der Waals surface area contributed by atoms with Crippen LogP contribution < -0.4 is 10.1 Å². The van der Waals surface area contributed by atoms with Gasteiger partial charge in [0.15, 0.2) is 0 Å². The number of fused-ring (bicyclic) bond motifs is 1. The van der Waals surface area contributed by atoms with Gasteiger partial charge in [0, 0.05) is 48.1 Å². The zero-order chi connectivity index (χ0) is 28.2. The molecule has 206 valence electrons. The second kappa shape index (κ2) is 11.7. The van der Waals surface area contributed by atoms with Crippen molar-refractivity contribution >= 4 is 23.4 Å². The second-order valence-electron chi connectivity index (χ2n) is 10.5. The third kappa shape index (κ3) is 5.84. The van der Waals surface area contributed by atoms with Crippen molar-refractivity contribution in [1.29, 1.82) is 0 Å². The smallest absolute Gasteiger partial charge is 0.255 e. The topological polar surface area (TPSA) is 79.0 Å². The van der Waals surface area contributed by atoms with Gasteiger partial charge in [-0.2, -0.15) is 0 Å². The van der Waals surface area contributed by atoms with Gasteiger partial charge in [0.2, 0.25) is 0 Å². The third-order valence-corrected chi connectivity index (χ3v) is 7.89. The number of hydrogen-bond donors (Lipinski definition) is 1. The van der Waals surface area contributed by atoms with Gasteiger partial charge in [-0.3, -0.25) is 14.4 Å². The number of likely N-dealkylation sites (tertiary alicyclic amines) is 2. The molecular formula is C34H31N3O4. The lowest BCUT2D eigenvalue weighted by Crippen LogP contribution is -2.49. The van der Waals surface area contributed by atoms with Crippen molar-refractivity contribution in [2.24, 2.45) is 5.92 Å². The lowest BCUT2D eigenvalue weighted by atomic mass is 9.92. The van der Waals surface area contributed by atoms with Crippen LogP contribution in [0.5, 0.6) is 11.5 Å². The average Bonchev–Trinajstić information content (AvgIpc) is 3.45. The van der Waals surface area contributed by atoms with Gasteiger partial charge in [-0.1, -0.05) is 36.4 Å². The minimum atomic E-state index is -0.190. The van der Waals surface area contributed by atoms with Crippen molar-refractivity contribution < 1.29 is 19.1 Å². The second-order valence-corrected chi connectivity index (χ2v) is 10.5. The molecule has 2 heterocycles. The number of piperidine rings is 1. The molecule has 1 N–H and O–H groups in total. The van der Waals surface area contributed by atoms with E-state index in [1.165, 1.54) is 0 Å². The van der Waals surface area contributed by atoms with Crippen LogP contribution in [-0.4, -0.2) is 53.2 Å². The Balaban J connectivity index is 1.04. The number of nitrogens with one attached hydrogen (secondary N) is 1. The van der Waals surface area contributed by atoms with Gasteiger partial charge in [-0.15, -0.1) is 0 Å². The van der Waals surface area contributed by atoms with E-state index < -0.39 is 0 Å². The summed E-state index contributed by atoms with van der Waals surface area (Å²) in [6, 6.07) is 33.0. The highest BCUT2D eigenvalue weighted by atomic mass is 16.5. The fourth-order valence-corrected chi connectivity index (χ4v) is 5.75. The van der Waals surface area contributed by atoms with Crippen molar-refractivity contribution in [2.45, 2.75) is 18.9 Å². The predicted octanol–water partition coefficient (Wildman–Crippen LogP) is 6.11. The van der Waals surface area contributed by atoms with Gasteiger partial charge in [0.05, 0.1) is 0 Å². The molecule has 2 aliphatic rings. The molecule has 4 aromatic rings. The molecule has 0 bridgehead atoms. The van der Waals surface area contributed by atoms with E-state index in [1.54, 1.807) is 36.4 Å². The van der Waals surface area contributed by atoms with Crippen molar-refractivity contribution in [1.82, 2.24) is 9.80 Å². The van der Waals surface area contributed by atoms with Crippen LogP contribution in [0.4, 0.5) is 5.69 Å². The van der Waals surface area contributed by atoms with E-state index in [4.69, 9.17) is 4.74 Å². The minimum absolute atomic E-state index is 0.00706. The Labute approximate surface area is 239 Å². The van der Waals surface area contributed by atoms with Gasteiger partial charge in [-0.25, -0.2) is 0 Å². The summed E-state index contributed by atoms with van der Waals surface area (Å²) in [5.41, 5.74) is 2.45. The van der Waals surface area contributed by atoms with Crippen LogP contribution in [0, 0.1) is 5.92 Å². The molecule has 4 aromatic carbocycles. The van der Waals surface area contributed by atoms with E-state index in [9.17, 15) is 14.4 Å². The number of nitrogens with zero attached hydrogens (tertiary/aromatic N) is 2. The fraction of sp³-hybridized carbons (Fsp3) is 0.206. The monoisotopic (exact) mass is 545 g/mol. The molecule has 0 aliphatic carbocycles. The third-order valence-electron chi connectivity index (χ3n) is 7.89. The molecule has 0 radical (unpaired) electrons. The number of ether oxygens (including phenoxy) is 1. The molecule has 0 saturated carbocycles. The number of rotatable bonds is 6. The first-order chi connectivity index (χ1) is 20.0. The van der Waals surface area contributed by atoms with Crippen LogP contribution in [0.3, 0.4) is 0 Å². The lowest BCUT2D eigenvalue weighted by Gasteiger charge is -2.38. The molecule has 7 nitrogen and oxygen atoms in total. The molecule has 7 heteroatoms. The number of para-hydroxylation sites is 1. The van der Waals surface area contributed by atoms with Crippen molar-refractivity contribution in [2.75, 3.05) is 25.0 Å². The normalized spacial score (nSPS) is 18.0. The average molecular weight is 546 g/mol. The SMILES string of the molecule is O=C(Nc1ccc(C(=O)N2CC[C@H]3CN(C(=O)c4ccc(Oc5ccccc5)cc4)CC[C@H]32)cc1)c1ccccc1. The standard InChI is InChI=1S/C34H31N3O4/c38-32(24-7-3-1-4-8-24)35-28-15-11-26(12-16-28)34(40)37-22-19-27-23-36(21-20-31(27)37)33(39)25-13-17-30(18-14-25)41-29-9-5-2-6-10-29/h1-18,27,31H,19-23H2,(H,35,38)/t27-,31+/m0/s1. The number of carbonyl (C=O) groups excluding carboxylic acids is 3. The summed E-state index contributed by atoms with van der Waals surface area (Å²) in [5, 5.41) is 2.87. The maximum absolute atomic E-state index is 13.4. The summed E-state index contributed by atoms with van der Waals surface area (Å²) in [7, 11) is 0. The molecule has 0 unspecified atom stereocenters. The Morgan fingerprint density at radius 2 is 1.24 bits per heavy atom. The van der Waals surface area contributed by atoms with Gasteiger partial charge in [0.25, 0.3) is 17.7 Å². The highest BCUT2D eigenvalue weighted by Gasteiger charge is 2.41. The fourth-order valence-electron chi connectivity index (χ4n) is 5.75. The Hall–Kier alpha value is -4.91. The molecule has 41 heavy (non-hydrogen) atoms. The van der Waals surface area contributed by atoms with Crippen LogP contribution in [0.15, 0.2) is 109 Å². The van der Waals surface area contributed by atoms with Crippen molar-refractivity contribution in [3.63, 3.8) is 0 Å². The van der Waals surface area contributed by atoms with E-state index in [0.717, 1.165) is 18.6 Å². The van der Waals surface area contributed by atoms with Gasteiger partial charge >= 0.3 is 0 Å². The number of carbonyl (C=O) groups is 3. The number of anilines is 1. The summed E-state index contributed by atoms with van der Waals surface area (Å²) in [6.07, 6.45) is 1.62.